The molecule has 1 aromatic rings. The van der Waals surface area contributed by atoms with Crippen LogP contribution in [-0.2, 0) is 19.1 Å². The van der Waals surface area contributed by atoms with E-state index in [0.717, 1.165) is 10.5 Å². The third-order valence-corrected chi connectivity index (χ3v) is 2.78. The summed E-state index contributed by atoms with van der Waals surface area (Å²) in [5, 5.41) is 0. The van der Waals surface area contributed by atoms with E-state index in [-0.39, 0.29) is 6.61 Å². The number of hydrogen-bond donors (Lipinski definition) is 0. The zero-order chi connectivity index (χ0) is 13.8. The van der Waals surface area contributed by atoms with E-state index in [1.165, 1.54) is 19.1 Å². The Balaban J connectivity index is 2.27. The lowest BCUT2D eigenvalue weighted by molar-refractivity contribution is -0.149. The molecule has 0 fully saturated rings. The number of ether oxygens (including phenoxy) is 1. The van der Waals surface area contributed by atoms with E-state index in [1.54, 1.807) is 24.3 Å². The maximum Gasteiger partial charge on any atom is 0.302 e. The normalized spacial score (nSPS) is 15.7. The van der Waals surface area contributed by atoms with Crippen LogP contribution >= 0.6 is 0 Å². The minimum Gasteiger partial charge on any atom is -0.463 e. The molecule has 98 valence electrons. The van der Waals surface area contributed by atoms with E-state index in [2.05, 4.69) is 0 Å². The van der Waals surface area contributed by atoms with Crippen molar-refractivity contribution < 1.29 is 19.1 Å². The van der Waals surface area contributed by atoms with Crippen LogP contribution in [0.25, 0.3) is 0 Å². The molecule has 5 nitrogen and oxygen atoms in total. The van der Waals surface area contributed by atoms with E-state index in [4.69, 9.17) is 4.74 Å². The first-order chi connectivity index (χ1) is 9.09. The van der Waals surface area contributed by atoms with Crippen molar-refractivity contribution in [1.82, 2.24) is 4.90 Å². The van der Waals surface area contributed by atoms with Gasteiger partial charge in [-0.1, -0.05) is 30.3 Å². The lowest BCUT2D eigenvalue weighted by atomic mass is 10.1. The zero-order valence-electron chi connectivity index (χ0n) is 10.4. The molecule has 0 unspecified atom stereocenters. The average Bonchev–Trinajstić information content (AvgIpc) is 2.72. The van der Waals surface area contributed by atoms with Crippen LogP contribution in [-0.4, -0.2) is 29.3 Å². The number of carbonyl (C=O) groups excluding carboxylic acids is 3. The molecule has 0 radical (unpaired) electrons. The minimum atomic E-state index is -0.597. The van der Waals surface area contributed by atoms with Gasteiger partial charge < -0.3 is 4.74 Å². The summed E-state index contributed by atoms with van der Waals surface area (Å²) in [5.74, 6) is -1.25. The predicted molar refractivity (Wildman–Crippen MR) is 66.8 cm³/mol. The highest BCUT2D eigenvalue weighted by Gasteiger charge is 2.32. The second-order valence-electron chi connectivity index (χ2n) is 4.11. The molecule has 1 aromatic carbocycles. The molecule has 1 aliphatic rings. The van der Waals surface area contributed by atoms with Gasteiger partial charge in [-0.25, -0.2) is 0 Å². The molecule has 2 rings (SSSR count). The summed E-state index contributed by atoms with van der Waals surface area (Å²) in [6.07, 6.45) is 2.43. The van der Waals surface area contributed by atoms with Crippen molar-refractivity contribution in [2.24, 2.45) is 0 Å². The zero-order valence-corrected chi connectivity index (χ0v) is 10.4. The first-order valence-electron chi connectivity index (χ1n) is 5.83. The molecule has 0 aliphatic carbocycles. The lowest BCUT2D eigenvalue weighted by Gasteiger charge is -2.26. The lowest BCUT2D eigenvalue weighted by Crippen LogP contribution is -2.37. The number of benzene rings is 1. The Labute approximate surface area is 110 Å². The van der Waals surface area contributed by atoms with Crippen LogP contribution < -0.4 is 0 Å². The summed E-state index contributed by atoms with van der Waals surface area (Å²) in [5.41, 5.74) is 0.745. The number of nitrogens with zero attached hydrogens (tertiary/aromatic N) is 1. The second kappa shape index (κ2) is 5.48. The number of rotatable bonds is 4. The van der Waals surface area contributed by atoms with Crippen molar-refractivity contribution >= 4 is 17.8 Å². The van der Waals surface area contributed by atoms with Crippen LogP contribution in [0.5, 0.6) is 0 Å². The topological polar surface area (TPSA) is 63.7 Å². The van der Waals surface area contributed by atoms with Crippen LogP contribution in [0.3, 0.4) is 0 Å². The Morgan fingerprint density at radius 2 is 1.74 bits per heavy atom. The molecular weight excluding hydrogens is 246 g/mol. The monoisotopic (exact) mass is 259 g/mol. The number of hydrogen-bond acceptors (Lipinski definition) is 4. The van der Waals surface area contributed by atoms with Gasteiger partial charge in [-0.3, -0.25) is 19.3 Å². The fraction of sp³-hybridized carbons (Fsp3) is 0.214. The van der Waals surface area contributed by atoms with Crippen molar-refractivity contribution in [3.8, 4) is 0 Å². The van der Waals surface area contributed by atoms with Gasteiger partial charge in [-0.05, 0) is 5.56 Å². The molecule has 19 heavy (non-hydrogen) atoms. The number of esters is 1. The summed E-state index contributed by atoms with van der Waals surface area (Å²) >= 11 is 0. The van der Waals surface area contributed by atoms with Crippen molar-refractivity contribution in [2.75, 3.05) is 6.61 Å². The van der Waals surface area contributed by atoms with Crippen LogP contribution in [0.2, 0.25) is 0 Å². The largest absolute Gasteiger partial charge is 0.463 e. The summed E-state index contributed by atoms with van der Waals surface area (Å²) in [6.45, 7) is 1.24. The molecular formula is C14H13NO4. The molecule has 5 heteroatoms. The Hall–Kier alpha value is -2.43. The Bertz CT molecular complexity index is 518. The van der Waals surface area contributed by atoms with Crippen LogP contribution in [0.1, 0.15) is 18.5 Å². The first kappa shape index (κ1) is 13.0. The van der Waals surface area contributed by atoms with Crippen molar-refractivity contribution in [3.63, 3.8) is 0 Å². The van der Waals surface area contributed by atoms with Crippen LogP contribution in [0, 0.1) is 0 Å². The molecule has 2 amide bonds. The Morgan fingerprint density at radius 1 is 1.16 bits per heavy atom. The van der Waals surface area contributed by atoms with Gasteiger partial charge in [0.15, 0.2) is 0 Å². The summed E-state index contributed by atoms with van der Waals surface area (Å²) < 4.78 is 4.95. The molecule has 0 aromatic heterocycles. The molecule has 1 heterocycles. The fourth-order valence-electron chi connectivity index (χ4n) is 1.91. The van der Waals surface area contributed by atoms with Gasteiger partial charge in [0, 0.05) is 19.1 Å². The molecule has 1 aliphatic heterocycles. The van der Waals surface area contributed by atoms with E-state index in [9.17, 15) is 14.4 Å². The fourth-order valence-corrected chi connectivity index (χ4v) is 1.91. The number of amides is 2. The second-order valence-corrected chi connectivity index (χ2v) is 4.11. The summed E-state index contributed by atoms with van der Waals surface area (Å²) in [6, 6.07) is 8.40. The quantitative estimate of drug-likeness (QED) is 0.602. The molecule has 0 saturated carbocycles. The third-order valence-electron chi connectivity index (χ3n) is 2.78. The summed E-state index contributed by atoms with van der Waals surface area (Å²) in [4.78, 5) is 35.5. The number of carbonyl (C=O) groups is 3. The molecule has 0 N–H and O–H groups in total. The van der Waals surface area contributed by atoms with Gasteiger partial charge >= 0.3 is 5.97 Å². The van der Waals surface area contributed by atoms with E-state index >= 15 is 0 Å². The first-order valence-corrected chi connectivity index (χ1v) is 5.83. The minimum absolute atomic E-state index is 0.0431. The van der Waals surface area contributed by atoms with Gasteiger partial charge in [0.1, 0.15) is 6.61 Å². The predicted octanol–water partition coefficient (Wildman–Crippen LogP) is 1.22. The van der Waals surface area contributed by atoms with Crippen molar-refractivity contribution in [3.05, 3.63) is 48.0 Å². The van der Waals surface area contributed by atoms with E-state index in [1.807, 2.05) is 6.07 Å². The molecule has 0 saturated heterocycles. The van der Waals surface area contributed by atoms with Crippen molar-refractivity contribution in [2.45, 2.75) is 13.0 Å². The van der Waals surface area contributed by atoms with Crippen LogP contribution in [0.15, 0.2) is 42.5 Å². The SMILES string of the molecule is CC(=O)OC[C@H](c1ccccc1)N1C(=O)C=CC1=O. The van der Waals surface area contributed by atoms with E-state index < -0.39 is 23.8 Å². The van der Waals surface area contributed by atoms with Crippen molar-refractivity contribution in [1.29, 1.82) is 0 Å². The number of imide groups is 1. The standard InChI is InChI=1S/C14H13NO4/c1-10(16)19-9-12(11-5-3-2-4-6-11)15-13(17)7-8-14(15)18/h2-8,12H,9H2,1H3/t12-/m1/s1. The van der Waals surface area contributed by atoms with Gasteiger partial charge in [-0.15, -0.1) is 0 Å². The third kappa shape index (κ3) is 2.88. The van der Waals surface area contributed by atoms with E-state index in [0.29, 0.717) is 0 Å². The summed E-state index contributed by atoms with van der Waals surface area (Å²) in [7, 11) is 0. The van der Waals surface area contributed by atoms with Crippen LogP contribution in [0.4, 0.5) is 0 Å². The average molecular weight is 259 g/mol. The smallest absolute Gasteiger partial charge is 0.302 e. The van der Waals surface area contributed by atoms with Gasteiger partial charge in [0.2, 0.25) is 0 Å². The van der Waals surface area contributed by atoms with Gasteiger partial charge in [-0.2, -0.15) is 0 Å². The highest BCUT2D eigenvalue weighted by molar-refractivity contribution is 6.13. The maximum absolute atomic E-state index is 11.7. The Morgan fingerprint density at radius 3 is 2.26 bits per heavy atom. The highest BCUT2D eigenvalue weighted by Crippen LogP contribution is 2.24. The Kier molecular flexibility index (Phi) is 3.75. The molecule has 0 spiro atoms. The highest BCUT2D eigenvalue weighted by atomic mass is 16.5. The molecule has 0 bridgehead atoms. The van der Waals surface area contributed by atoms with Gasteiger partial charge in [0.25, 0.3) is 11.8 Å². The van der Waals surface area contributed by atoms with Gasteiger partial charge in [0.05, 0.1) is 6.04 Å². The molecule has 1 atom stereocenters. The maximum atomic E-state index is 11.7.